The number of benzene rings is 1. The summed E-state index contributed by atoms with van der Waals surface area (Å²) in [4.78, 5) is 2.53. The molecule has 0 bridgehead atoms. The van der Waals surface area contributed by atoms with Crippen molar-refractivity contribution in [1.29, 1.82) is 0 Å². The molecule has 0 unspecified atom stereocenters. The van der Waals surface area contributed by atoms with Crippen LogP contribution in [0, 0.1) is 0 Å². The molecule has 2 nitrogen and oxygen atoms in total. The molecule has 17 heavy (non-hydrogen) atoms. The first-order valence-corrected chi connectivity index (χ1v) is 7.59. The third-order valence-electron chi connectivity index (χ3n) is 3.22. The van der Waals surface area contributed by atoms with Gasteiger partial charge < -0.3 is 5.32 Å². The lowest BCUT2D eigenvalue weighted by atomic mass is 10.1. The normalized spacial score (nSPS) is 17.7. The summed E-state index contributed by atoms with van der Waals surface area (Å²) >= 11 is 5.37. The molecule has 1 aliphatic heterocycles. The molecule has 90 valence electrons. The minimum Gasteiger partial charge on any atom is -0.314 e. The fraction of sp³-hybridized carbons (Fsp3) is 0.385. The second kappa shape index (κ2) is 5.06. The highest BCUT2D eigenvalue weighted by Crippen LogP contribution is 2.29. The number of nitrogens with one attached hydrogen (secondary N) is 1. The van der Waals surface area contributed by atoms with Crippen molar-refractivity contribution in [1.82, 2.24) is 10.2 Å². The van der Waals surface area contributed by atoms with Crippen LogP contribution in [0.25, 0.3) is 10.1 Å². The number of halogens is 1. The maximum absolute atomic E-state index is 3.53. The molecule has 3 rings (SSSR count). The van der Waals surface area contributed by atoms with Crippen LogP contribution in [0.15, 0.2) is 28.1 Å². The molecule has 1 saturated heterocycles. The molecule has 0 radical (unpaired) electrons. The first-order chi connectivity index (χ1) is 8.33. The highest BCUT2D eigenvalue weighted by atomic mass is 79.9. The Balaban J connectivity index is 1.84. The molecule has 4 heteroatoms. The lowest BCUT2D eigenvalue weighted by molar-refractivity contribution is 0.234. The van der Waals surface area contributed by atoms with Crippen LogP contribution in [-0.2, 0) is 6.54 Å². The van der Waals surface area contributed by atoms with Crippen LogP contribution >= 0.6 is 27.3 Å². The van der Waals surface area contributed by atoms with E-state index in [0.29, 0.717) is 0 Å². The van der Waals surface area contributed by atoms with Gasteiger partial charge in [-0.25, -0.2) is 0 Å². The Labute approximate surface area is 114 Å². The van der Waals surface area contributed by atoms with E-state index in [0.717, 1.165) is 32.7 Å². The van der Waals surface area contributed by atoms with Gasteiger partial charge in [0.25, 0.3) is 0 Å². The van der Waals surface area contributed by atoms with Crippen LogP contribution in [0.4, 0.5) is 0 Å². The number of nitrogens with zero attached hydrogens (tertiary/aromatic N) is 1. The number of fused-ring (bicyclic) bond motifs is 1. The summed E-state index contributed by atoms with van der Waals surface area (Å²) in [5.74, 6) is 0. The van der Waals surface area contributed by atoms with Crippen molar-refractivity contribution in [3.8, 4) is 0 Å². The Hall–Kier alpha value is -0.420. The summed E-state index contributed by atoms with van der Waals surface area (Å²) in [6, 6.07) is 6.57. The Bertz CT molecular complexity index is 517. The first-order valence-electron chi connectivity index (χ1n) is 5.91. The van der Waals surface area contributed by atoms with Crippen molar-refractivity contribution in [3.63, 3.8) is 0 Å². The summed E-state index contributed by atoms with van der Waals surface area (Å²) in [6.07, 6.45) is 0. The van der Waals surface area contributed by atoms with Gasteiger partial charge in [-0.1, -0.05) is 22.0 Å². The van der Waals surface area contributed by atoms with Gasteiger partial charge in [0.2, 0.25) is 0 Å². The molecule has 1 aromatic carbocycles. The molecule has 0 atom stereocenters. The van der Waals surface area contributed by atoms with Gasteiger partial charge in [-0.3, -0.25) is 4.90 Å². The minimum atomic E-state index is 1.09. The second-order valence-electron chi connectivity index (χ2n) is 4.43. The van der Waals surface area contributed by atoms with Crippen molar-refractivity contribution in [3.05, 3.63) is 33.6 Å². The number of piperazine rings is 1. The Kier molecular flexibility index (Phi) is 3.47. The van der Waals surface area contributed by atoms with Crippen molar-refractivity contribution in [2.24, 2.45) is 0 Å². The predicted octanol–water partition coefficient (Wildman–Crippen LogP) is 3.07. The average Bonchev–Trinajstić information content (AvgIpc) is 2.73. The average molecular weight is 311 g/mol. The number of rotatable bonds is 2. The fourth-order valence-corrected chi connectivity index (χ4v) is 3.79. The molecule has 2 aromatic rings. The van der Waals surface area contributed by atoms with Crippen molar-refractivity contribution in [2.45, 2.75) is 6.54 Å². The third-order valence-corrected chi connectivity index (χ3v) is 4.71. The monoisotopic (exact) mass is 310 g/mol. The predicted molar refractivity (Wildman–Crippen MR) is 77.7 cm³/mol. The highest BCUT2D eigenvalue weighted by Gasteiger charge is 2.12. The summed E-state index contributed by atoms with van der Waals surface area (Å²) in [5, 5.41) is 7.11. The molecule has 1 aromatic heterocycles. The molecule has 0 aliphatic carbocycles. The number of hydrogen-bond donors (Lipinski definition) is 1. The maximum Gasteiger partial charge on any atom is 0.0357 e. The van der Waals surface area contributed by atoms with E-state index in [2.05, 4.69) is 49.7 Å². The smallest absolute Gasteiger partial charge is 0.0357 e. The Morgan fingerprint density at radius 3 is 2.94 bits per heavy atom. The third kappa shape index (κ3) is 2.55. The van der Waals surface area contributed by atoms with E-state index in [9.17, 15) is 0 Å². The molecule has 1 fully saturated rings. The van der Waals surface area contributed by atoms with E-state index >= 15 is 0 Å². The van der Waals surface area contributed by atoms with Crippen molar-refractivity contribution < 1.29 is 0 Å². The SMILES string of the molecule is Brc1ccc2c(CN3CCNCC3)csc2c1. The van der Waals surface area contributed by atoms with Gasteiger partial charge in [-0.2, -0.15) is 0 Å². The van der Waals surface area contributed by atoms with Gasteiger partial charge >= 0.3 is 0 Å². The molecule has 0 saturated carbocycles. The number of thiophene rings is 1. The minimum absolute atomic E-state index is 1.09. The second-order valence-corrected chi connectivity index (χ2v) is 6.25. The van der Waals surface area contributed by atoms with Gasteiger partial charge in [0.1, 0.15) is 0 Å². The molecule has 0 spiro atoms. The largest absolute Gasteiger partial charge is 0.314 e. The molecule has 1 N–H and O–H groups in total. The van der Waals surface area contributed by atoms with Crippen molar-refractivity contribution in [2.75, 3.05) is 26.2 Å². The zero-order valence-corrected chi connectivity index (χ0v) is 12.0. The maximum atomic E-state index is 3.53. The van der Waals surface area contributed by atoms with E-state index in [1.54, 1.807) is 0 Å². The van der Waals surface area contributed by atoms with Crippen LogP contribution in [0.3, 0.4) is 0 Å². The van der Waals surface area contributed by atoms with E-state index in [4.69, 9.17) is 0 Å². The molecular weight excluding hydrogens is 296 g/mol. The lowest BCUT2D eigenvalue weighted by Gasteiger charge is -2.26. The van der Waals surface area contributed by atoms with Crippen molar-refractivity contribution >= 4 is 37.4 Å². The number of hydrogen-bond acceptors (Lipinski definition) is 3. The quantitative estimate of drug-likeness (QED) is 0.917. The summed E-state index contributed by atoms with van der Waals surface area (Å²) in [5.41, 5.74) is 1.47. The first kappa shape index (κ1) is 11.7. The summed E-state index contributed by atoms with van der Waals surface area (Å²) in [6.45, 7) is 5.65. The molecule has 1 aliphatic rings. The molecule has 2 heterocycles. The summed E-state index contributed by atoms with van der Waals surface area (Å²) < 4.78 is 2.55. The Morgan fingerprint density at radius 1 is 1.29 bits per heavy atom. The van der Waals surface area contributed by atoms with Gasteiger partial charge in [0.15, 0.2) is 0 Å². The molecular formula is C13H15BrN2S. The van der Waals surface area contributed by atoms with Gasteiger partial charge in [0.05, 0.1) is 0 Å². The van der Waals surface area contributed by atoms with E-state index in [1.165, 1.54) is 20.1 Å². The van der Waals surface area contributed by atoms with E-state index < -0.39 is 0 Å². The summed E-state index contributed by atoms with van der Waals surface area (Å²) in [7, 11) is 0. The van der Waals surface area contributed by atoms with Gasteiger partial charge in [0, 0.05) is 41.9 Å². The van der Waals surface area contributed by atoms with Crippen LogP contribution in [0.2, 0.25) is 0 Å². The fourth-order valence-electron chi connectivity index (χ4n) is 2.29. The van der Waals surface area contributed by atoms with Gasteiger partial charge in [-0.15, -0.1) is 11.3 Å². The lowest BCUT2D eigenvalue weighted by Crippen LogP contribution is -2.42. The molecule has 0 amide bonds. The van der Waals surface area contributed by atoms with Crippen LogP contribution < -0.4 is 5.32 Å². The highest BCUT2D eigenvalue weighted by molar-refractivity contribution is 9.10. The zero-order valence-electron chi connectivity index (χ0n) is 9.58. The topological polar surface area (TPSA) is 15.3 Å². The van der Waals surface area contributed by atoms with Crippen LogP contribution in [-0.4, -0.2) is 31.1 Å². The Morgan fingerprint density at radius 2 is 2.12 bits per heavy atom. The van der Waals surface area contributed by atoms with Gasteiger partial charge in [-0.05, 0) is 28.5 Å². The van der Waals surface area contributed by atoms with Crippen LogP contribution in [0.1, 0.15) is 5.56 Å². The van der Waals surface area contributed by atoms with E-state index in [1.807, 2.05) is 11.3 Å². The van der Waals surface area contributed by atoms with E-state index in [-0.39, 0.29) is 0 Å². The zero-order chi connectivity index (χ0) is 11.7. The van der Waals surface area contributed by atoms with Crippen LogP contribution in [0.5, 0.6) is 0 Å². The standard InChI is InChI=1S/C13H15BrN2S/c14-11-1-2-12-10(9-17-13(12)7-11)8-16-5-3-15-4-6-16/h1-2,7,9,15H,3-6,8H2.